The summed E-state index contributed by atoms with van der Waals surface area (Å²) in [7, 11) is 0. The van der Waals surface area contributed by atoms with Crippen molar-refractivity contribution in [3.63, 3.8) is 0 Å². The summed E-state index contributed by atoms with van der Waals surface area (Å²) in [6, 6.07) is 0. The predicted octanol–water partition coefficient (Wildman–Crippen LogP) is 3.37. The molecular weight excluding hydrogens is 220 g/mol. The SMILES string of the molecule is C=C(C)C(=O)OC1(CC)CCCCC1CS. The van der Waals surface area contributed by atoms with E-state index in [0.717, 1.165) is 31.4 Å². The molecule has 1 rings (SSSR count). The van der Waals surface area contributed by atoms with Gasteiger partial charge in [0.1, 0.15) is 5.60 Å². The first kappa shape index (κ1) is 13.6. The Morgan fingerprint density at radius 2 is 2.25 bits per heavy atom. The lowest BCUT2D eigenvalue weighted by molar-refractivity contribution is -0.165. The van der Waals surface area contributed by atoms with E-state index in [9.17, 15) is 4.79 Å². The lowest BCUT2D eigenvalue weighted by Crippen LogP contribution is -2.45. The van der Waals surface area contributed by atoms with E-state index in [2.05, 4.69) is 26.1 Å². The maximum atomic E-state index is 11.7. The Kier molecular flexibility index (Phi) is 4.90. The lowest BCUT2D eigenvalue weighted by Gasteiger charge is -2.42. The van der Waals surface area contributed by atoms with Gasteiger partial charge in [-0.1, -0.05) is 19.9 Å². The second-order valence-electron chi connectivity index (χ2n) is 4.71. The van der Waals surface area contributed by atoms with Crippen molar-refractivity contribution >= 4 is 18.6 Å². The number of hydrogen-bond donors (Lipinski definition) is 1. The van der Waals surface area contributed by atoms with E-state index < -0.39 is 0 Å². The number of esters is 1. The van der Waals surface area contributed by atoms with Crippen LogP contribution in [0.3, 0.4) is 0 Å². The average molecular weight is 242 g/mol. The van der Waals surface area contributed by atoms with Crippen molar-refractivity contribution in [3.8, 4) is 0 Å². The van der Waals surface area contributed by atoms with Crippen molar-refractivity contribution in [2.75, 3.05) is 5.75 Å². The molecule has 2 unspecified atom stereocenters. The maximum Gasteiger partial charge on any atom is 0.333 e. The Balaban J connectivity index is 2.80. The molecule has 0 N–H and O–H groups in total. The lowest BCUT2D eigenvalue weighted by atomic mass is 9.74. The standard InChI is InChI=1S/C13H22O2S/c1-4-13(15-12(14)10(2)3)8-6-5-7-11(13)9-16/h11,16H,2,4-9H2,1,3H3. The zero-order valence-electron chi connectivity index (χ0n) is 10.3. The molecule has 0 aromatic carbocycles. The van der Waals surface area contributed by atoms with Crippen LogP contribution in [-0.2, 0) is 9.53 Å². The third kappa shape index (κ3) is 2.82. The second kappa shape index (κ2) is 5.76. The molecule has 0 bridgehead atoms. The summed E-state index contributed by atoms with van der Waals surface area (Å²) >= 11 is 4.39. The number of hydrogen-bond acceptors (Lipinski definition) is 3. The molecule has 16 heavy (non-hydrogen) atoms. The number of carbonyl (C=O) groups is 1. The molecule has 2 atom stereocenters. The molecule has 3 heteroatoms. The smallest absolute Gasteiger partial charge is 0.333 e. The predicted molar refractivity (Wildman–Crippen MR) is 69.7 cm³/mol. The minimum Gasteiger partial charge on any atom is -0.455 e. The van der Waals surface area contributed by atoms with Crippen LogP contribution in [0.4, 0.5) is 0 Å². The summed E-state index contributed by atoms with van der Waals surface area (Å²) in [5.41, 5.74) is 0.187. The van der Waals surface area contributed by atoms with Crippen molar-refractivity contribution in [2.24, 2.45) is 5.92 Å². The molecular formula is C13H22O2S. The van der Waals surface area contributed by atoms with Crippen molar-refractivity contribution in [2.45, 2.75) is 51.6 Å². The second-order valence-corrected chi connectivity index (χ2v) is 5.08. The van der Waals surface area contributed by atoms with Crippen LogP contribution in [0.15, 0.2) is 12.2 Å². The number of rotatable bonds is 4. The van der Waals surface area contributed by atoms with E-state index >= 15 is 0 Å². The van der Waals surface area contributed by atoms with Gasteiger partial charge in [-0.3, -0.25) is 0 Å². The first-order valence-corrected chi connectivity index (χ1v) is 6.68. The van der Waals surface area contributed by atoms with E-state index in [1.807, 2.05) is 0 Å². The first-order chi connectivity index (χ1) is 7.55. The van der Waals surface area contributed by atoms with Gasteiger partial charge in [0.15, 0.2) is 0 Å². The van der Waals surface area contributed by atoms with Gasteiger partial charge in [0.2, 0.25) is 0 Å². The van der Waals surface area contributed by atoms with Crippen molar-refractivity contribution in [1.29, 1.82) is 0 Å². The molecule has 92 valence electrons. The molecule has 0 amide bonds. The summed E-state index contributed by atoms with van der Waals surface area (Å²) < 4.78 is 5.71. The molecule has 0 saturated heterocycles. The number of carbonyl (C=O) groups excluding carboxylic acids is 1. The van der Waals surface area contributed by atoms with E-state index in [-0.39, 0.29) is 11.6 Å². The van der Waals surface area contributed by atoms with Crippen LogP contribution in [-0.4, -0.2) is 17.3 Å². The molecule has 1 fully saturated rings. The van der Waals surface area contributed by atoms with E-state index in [0.29, 0.717) is 11.5 Å². The molecule has 2 nitrogen and oxygen atoms in total. The van der Waals surface area contributed by atoms with Gasteiger partial charge in [0, 0.05) is 11.5 Å². The Morgan fingerprint density at radius 3 is 2.75 bits per heavy atom. The summed E-state index contributed by atoms with van der Waals surface area (Å²) in [6.45, 7) is 7.43. The van der Waals surface area contributed by atoms with Crippen LogP contribution < -0.4 is 0 Å². The van der Waals surface area contributed by atoms with Crippen molar-refractivity contribution < 1.29 is 9.53 Å². The Labute approximate surface area is 104 Å². The summed E-state index contributed by atoms with van der Waals surface area (Å²) in [6.07, 6.45) is 5.31. The van der Waals surface area contributed by atoms with Crippen molar-refractivity contribution in [3.05, 3.63) is 12.2 Å². The fourth-order valence-electron chi connectivity index (χ4n) is 2.48. The molecule has 0 radical (unpaired) electrons. The molecule has 0 heterocycles. The highest BCUT2D eigenvalue weighted by atomic mass is 32.1. The number of thiol groups is 1. The van der Waals surface area contributed by atoms with Gasteiger partial charge in [0.25, 0.3) is 0 Å². The Morgan fingerprint density at radius 1 is 1.56 bits per heavy atom. The van der Waals surface area contributed by atoms with Gasteiger partial charge in [-0.25, -0.2) is 4.79 Å². The van der Waals surface area contributed by atoms with Crippen LogP contribution in [0.2, 0.25) is 0 Å². The summed E-state index contributed by atoms with van der Waals surface area (Å²) in [4.78, 5) is 11.7. The van der Waals surface area contributed by atoms with E-state index in [1.165, 1.54) is 6.42 Å². The summed E-state index contributed by atoms with van der Waals surface area (Å²) in [5, 5.41) is 0. The number of ether oxygens (including phenoxy) is 1. The van der Waals surface area contributed by atoms with Crippen LogP contribution in [0.1, 0.15) is 46.0 Å². The van der Waals surface area contributed by atoms with E-state index in [4.69, 9.17) is 4.74 Å². The topological polar surface area (TPSA) is 26.3 Å². The molecule has 0 aliphatic heterocycles. The third-order valence-corrected chi connectivity index (χ3v) is 4.05. The highest BCUT2D eigenvalue weighted by molar-refractivity contribution is 7.80. The molecule has 1 saturated carbocycles. The van der Waals surface area contributed by atoms with Gasteiger partial charge in [-0.2, -0.15) is 12.6 Å². The van der Waals surface area contributed by atoms with Gasteiger partial charge < -0.3 is 4.74 Å². The first-order valence-electron chi connectivity index (χ1n) is 6.05. The minimum atomic E-state index is -0.296. The molecule has 0 aromatic heterocycles. The Hall–Kier alpha value is -0.440. The van der Waals surface area contributed by atoms with Crippen LogP contribution >= 0.6 is 12.6 Å². The third-order valence-electron chi connectivity index (χ3n) is 3.61. The van der Waals surface area contributed by atoms with Crippen molar-refractivity contribution in [1.82, 2.24) is 0 Å². The van der Waals surface area contributed by atoms with Crippen LogP contribution in [0, 0.1) is 5.92 Å². The molecule has 1 aliphatic carbocycles. The maximum absolute atomic E-state index is 11.7. The normalized spacial score (nSPS) is 29.8. The zero-order chi connectivity index (χ0) is 12.2. The largest absolute Gasteiger partial charge is 0.455 e. The molecule has 0 spiro atoms. The highest BCUT2D eigenvalue weighted by Gasteiger charge is 2.41. The minimum absolute atomic E-state index is 0.254. The van der Waals surface area contributed by atoms with Gasteiger partial charge in [-0.15, -0.1) is 0 Å². The zero-order valence-corrected chi connectivity index (χ0v) is 11.2. The van der Waals surface area contributed by atoms with Crippen LogP contribution in [0.25, 0.3) is 0 Å². The molecule has 0 aromatic rings. The monoisotopic (exact) mass is 242 g/mol. The fraction of sp³-hybridized carbons (Fsp3) is 0.769. The van der Waals surface area contributed by atoms with Crippen LogP contribution in [0.5, 0.6) is 0 Å². The van der Waals surface area contributed by atoms with Gasteiger partial charge in [0.05, 0.1) is 0 Å². The average Bonchev–Trinajstić information content (AvgIpc) is 2.29. The summed E-state index contributed by atoms with van der Waals surface area (Å²) in [5.74, 6) is 0.922. The van der Waals surface area contributed by atoms with E-state index in [1.54, 1.807) is 6.92 Å². The van der Waals surface area contributed by atoms with Gasteiger partial charge >= 0.3 is 5.97 Å². The van der Waals surface area contributed by atoms with Gasteiger partial charge in [-0.05, 0) is 38.4 Å². The molecule has 1 aliphatic rings. The quantitative estimate of drug-likeness (QED) is 0.465. The fourth-order valence-corrected chi connectivity index (χ4v) is 3.00. The Bertz CT molecular complexity index is 275. The highest BCUT2D eigenvalue weighted by Crippen LogP contribution is 2.40.